The lowest BCUT2D eigenvalue weighted by Crippen LogP contribution is -2.33. The molecule has 2 aliphatic rings. The largest absolute Gasteiger partial charge is 0.356 e. The monoisotopic (exact) mass is 490 g/mol. The third-order valence-corrected chi connectivity index (χ3v) is 7.18. The molecule has 0 radical (unpaired) electrons. The van der Waals surface area contributed by atoms with E-state index in [9.17, 15) is 4.79 Å². The van der Waals surface area contributed by atoms with Gasteiger partial charge in [0.05, 0.1) is 11.6 Å². The van der Waals surface area contributed by atoms with Gasteiger partial charge in [0.15, 0.2) is 0 Å². The van der Waals surface area contributed by atoms with Gasteiger partial charge >= 0.3 is 0 Å². The van der Waals surface area contributed by atoms with Gasteiger partial charge in [-0.05, 0) is 71.6 Å². The van der Waals surface area contributed by atoms with Gasteiger partial charge in [0.25, 0.3) is 0 Å². The van der Waals surface area contributed by atoms with E-state index >= 15 is 0 Å². The smallest absolute Gasteiger partial charge is 0.223 e. The lowest BCUT2D eigenvalue weighted by molar-refractivity contribution is -0.123. The molecule has 5 heteroatoms. The molecule has 3 nitrogen and oxygen atoms in total. The van der Waals surface area contributed by atoms with Crippen molar-refractivity contribution in [2.75, 3.05) is 6.54 Å². The van der Waals surface area contributed by atoms with Crippen LogP contribution in [0, 0.1) is 23.2 Å². The van der Waals surface area contributed by atoms with Crippen molar-refractivity contribution >= 4 is 40.1 Å². The number of nitrogens with one attached hydrogen (secondary N) is 1. The summed E-state index contributed by atoms with van der Waals surface area (Å²) in [6.07, 6.45) is 1.92. The van der Waals surface area contributed by atoms with E-state index < -0.39 is 0 Å². The molecule has 2 fully saturated rings. The second-order valence-electron chi connectivity index (χ2n) is 7.44. The standard InChI is InChI=1S/C22H20ClIN2O/c23-16-5-6-17(15(9-16)10-24)18-7-8-19-20(12-26-22(19)27)21(18)14-3-1-13(11-25)2-4-14/h1-6,9,18-21H,7-8,10,12H2,(H,26,27)/t18-,19+,20+,21-/m0/s1. The SMILES string of the molecule is N#Cc1ccc([C@@H]2[C@@H]3CNC(=O)[C@@H]3CC[C@H]2c2ccc(Cl)cc2CI)cc1. The van der Waals surface area contributed by atoms with Crippen LogP contribution in [0.2, 0.25) is 5.02 Å². The van der Waals surface area contributed by atoms with E-state index in [-0.39, 0.29) is 17.7 Å². The van der Waals surface area contributed by atoms with Crippen LogP contribution in [-0.2, 0) is 9.22 Å². The van der Waals surface area contributed by atoms with E-state index in [0.29, 0.717) is 17.4 Å². The molecule has 1 saturated carbocycles. The number of fused-ring (bicyclic) bond motifs is 1. The highest BCUT2D eigenvalue weighted by Crippen LogP contribution is 2.52. The summed E-state index contributed by atoms with van der Waals surface area (Å²) in [6.45, 7) is 0.734. The molecule has 0 bridgehead atoms. The molecule has 0 unspecified atom stereocenters. The molecule has 4 rings (SSSR count). The number of rotatable bonds is 3. The van der Waals surface area contributed by atoms with E-state index in [0.717, 1.165) is 28.8 Å². The van der Waals surface area contributed by atoms with Gasteiger partial charge in [-0.25, -0.2) is 0 Å². The Morgan fingerprint density at radius 3 is 2.59 bits per heavy atom. The van der Waals surface area contributed by atoms with E-state index in [2.05, 4.69) is 58.2 Å². The molecule has 1 amide bonds. The Hall–Kier alpha value is -1.58. The summed E-state index contributed by atoms with van der Waals surface area (Å²) in [6, 6.07) is 16.3. The Balaban J connectivity index is 1.79. The van der Waals surface area contributed by atoms with Crippen molar-refractivity contribution in [2.45, 2.75) is 29.1 Å². The summed E-state index contributed by atoms with van der Waals surface area (Å²) in [7, 11) is 0. The molecular weight excluding hydrogens is 471 g/mol. The van der Waals surface area contributed by atoms with Gasteiger partial charge < -0.3 is 5.32 Å². The minimum atomic E-state index is 0.0947. The van der Waals surface area contributed by atoms with Crippen LogP contribution in [-0.4, -0.2) is 12.5 Å². The Morgan fingerprint density at radius 1 is 1.15 bits per heavy atom. The molecule has 1 aliphatic heterocycles. The first kappa shape index (κ1) is 18.8. The van der Waals surface area contributed by atoms with Crippen LogP contribution in [0.3, 0.4) is 0 Å². The van der Waals surface area contributed by atoms with Crippen molar-refractivity contribution in [1.82, 2.24) is 5.32 Å². The van der Waals surface area contributed by atoms with Crippen LogP contribution in [0.1, 0.15) is 46.9 Å². The fraction of sp³-hybridized carbons (Fsp3) is 0.364. The molecule has 1 N–H and O–H groups in total. The maximum atomic E-state index is 12.3. The van der Waals surface area contributed by atoms with Gasteiger partial charge in [0.1, 0.15) is 0 Å². The Morgan fingerprint density at radius 2 is 1.89 bits per heavy atom. The first-order chi connectivity index (χ1) is 13.1. The molecule has 138 valence electrons. The summed E-state index contributed by atoms with van der Waals surface area (Å²) in [4.78, 5) is 12.3. The van der Waals surface area contributed by atoms with Crippen LogP contribution in [0.4, 0.5) is 0 Å². The number of carbonyl (C=O) groups is 1. The lowest BCUT2D eigenvalue weighted by atomic mass is 9.63. The molecule has 0 spiro atoms. The fourth-order valence-electron chi connectivity index (χ4n) is 4.91. The normalized spacial score (nSPS) is 26.9. The zero-order valence-electron chi connectivity index (χ0n) is 14.8. The molecule has 1 heterocycles. The van der Waals surface area contributed by atoms with Crippen LogP contribution in [0.5, 0.6) is 0 Å². The second-order valence-corrected chi connectivity index (χ2v) is 8.63. The van der Waals surface area contributed by atoms with Gasteiger partial charge in [0.2, 0.25) is 5.91 Å². The van der Waals surface area contributed by atoms with Crippen LogP contribution in [0.15, 0.2) is 42.5 Å². The number of hydrogen-bond acceptors (Lipinski definition) is 2. The average Bonchev–Trinajstić information content (AvgIpc) is 3.08. The number of hydrogen-bond donors (Lipinski definition) is 1. The van der Waals surface area contributed by atoms with Crippen molar-refractivity contribution < 1.29 is 4.79 Å². The minimum absolute atomic E-state index is 0.0947. The lowest BCUT2D eigenvalue weighted by Gasteiger charge is -2.40. The number of amides is 1. The summed E-state index contributed by atoms with van der Waals surface area (Å²) in [5, 5.41) is 13.0. The molecule has 1 aliphatic carbocycles. The zero-order valence-corrected chi connectivity index (χ0v) is 17.7. The van der Waals surface area contributed by atoms with E-state index in [1.807, 2.05) is 18.2 Å². The van der Waals surface area contributed by atoms with Crippen LogP contribution < -0.4 is 5.32 Å². The topological polar surface area (TPSA) is 52.9 Å². The predicted octanol–water partition coefficient (Wildman–Crippen LogP) is 5.17. The van der Waals surface area contributed by atoms with Gasteiger partial charge in [-0.3, -0.25) is 4.79 Å². The predicted molar refractivity (Wildman–Crippen MR) is 115 cm³/mol. The molecule has 1 saturated heterocycles. The van der Waals surface area contributed by atoms with E-state index in [1.165, 1.54) is 16.7 Å². The highest BCUT2D eigenvalue weighted by molar-refractivity contribution is 14.1. The van der Waals surface area contributed by atoms with Crippen molar-refractivity contribution in [3.8, 4) is 6.07 Å². The maximum Gasteiger partial charge on any atom is 0.223 e. The highest BCUT2D eigenvalue weighted by Gasteiger charge is 2.47. The Kier molecular flexibility index (Phi) is 5.43. The second kappa shape index (κ2) is 7.81. The highest BCUT2D eigenvalue weighted by atomic mass is 127. The van der Waals surface area contributed by atoms with Crippen LogP contribution in [0.25, 0.3) is 0 Å². The number of benzene rings is 2. The molecule has 27 heavy (non-hydrogen) atoms. The fourth-order valence-corrected chi connectivity index (χ4v) is 5.76. The summed E-state index contributed by atoms with van der Waals surface area (Å²) in [5.41, 5.74) is 4.52. The zero-order chi connectivity index (χ0) is 19.0. The maximum absolute atomic E-state index is 12.3. The number of halogens is 2. The van der Waals surface area contributed by atoms with Crippen molar-refractivity contribution in [3.05, 3.63) is 69.7 Å². The Bertz CT molecular complexity index is 906. The van der Waals surface area contributed by atoms with Crippen molar-refractivity contribution in [2.24, 2.45) is 11.8 Å². The number of nitrogens with zero attached hydrogens (tertiary/aromatic N) is 1. The quantitative estimate of drug-likeness (QED) is 0.477. The third-order valence-electron chi connectivity index (χ3n) is 6.12. The van der Waals surface area contributed by atoms with Crippen molar-refractivity contribution in [3.63, 3.8) is 0 Å². The summed E-state index contributed by atoms with van der Waals surface area (Å²) < 4.78 is 0.912. The number of nitriles is 1. The number of carbonyl (C=O) groups excluding carboxylic acids is 1. The average molecular weight is 491 g/mol. The molecule has 2 aromatic rings. The van der Waals surface area contributed by atoms with E-state index in [4.69, 9.17) is 16.9 Å². The van der Waals surface area contributed by atoms with Crippen molar-refractivity contribution in [1.29, 1.82) is 5.26 Å². The van der Waals surface area contributed by atoms with Crippen LogP contribution >= 0.6 is 34.2 Å². The Labute approximate surface area is 178 Å². The molecule has 0 aromatic heterocycles. The minimum Gasteiger partial charge on any atom is -0.356 e. The van der Waals surface area contributed by atoms with E-state index in [1.54, 1.807) is 0 Å². The van der Waals surface area contributed by atoms with Gasteiger partial charge in [-0.2, -0.15) is 5.26 Å². The molecular formula is C22H20ClIN2O. The molecule has 2 aromatic carbocycles. The summed E-state index contributed by atoms with van der Waals surface area (Å²) >= 11 is 8.64. The summed E-state index contributed by atoms with van der Waals surface area (Å²) in [5.74, 6) is 1.20. The van der Waals surface area contributed by atoms with Gasteiger partial charge in [-0.1, -0.05) is 52.4 Å². The first-order valence-electron chi connectivity index (χ1n) is 9.24. The molecule has 4 atom stereocenters. The number of alkyl halides is 1. The van der Waals surface area contributed by atoms with Gasteiger partial charge in [-0.15, -0.1) is 0 Å². The van der Waals surface area contributed by atoms with Gasteiger partial charge in [0, 0.05) is 21.9 Å². The third kappa shape index (κ3) is 3.48. The first-order valence-corrected chi connectivity index (χ1v) is 11.1.